The van der Waals surface area contributed by atoms with Gasteiger partial charge in [-0.3, -0.25) is 0 Å². The topological polar surface area (TPSA) is 58.3 Å². The molecule has 2 heterocycles. The number of guanidine groups is 1. The lowest BCUT2D eigenvalue weighted by molar-refractivity contribution is 0.203. The van der Waals surface area contributed by atoms with Crippen LogP contribution in [-0.2, 0) is 20.1 Å². The molecule has 7 heteroatoms. The van der Waals surface area contributed by atoms with Crippen molar-refractivity contribution in [1.29, 1.82) is 0 Å². The second kappa shape index (κ2) is 9.91. The number of nitrogens with zero attached hydrogens (tertiary/aromatic N) is 5. The Bertz CT molecular complexity index is 810. The minimum atomic E-state index is 0. The third-order valence-corrected chi connectivity index (χ3v) is 6.49. The van der Waals surface area contributed by atoms with Crippen LogP contribution in [0.2, 0.25) is 0 Å². The fourth-order valence-electron chi connectivity index (χ4n) is 4.61. The van der Waals surface area contributed by atoms with Gasteiger partial charge in [0.15, 0.2) is 11.8 Å². The lowest BCUT2D eigenvalue weighted by atomic mass is 9.73. The van der Waals surface area contributed by atoms with E-state index in [1.54, 1.807) is 0 Å². The van der Waals surface area contributed by atoms with Crippen molar-refractivity contribution in [2.24, 2.45) is 17.5 Å². The van der Waals surface area contributed by atoms with E-state index in [1.807, 2.05) is 18.5 Å². The quantitative estimate of drug-likeness (QED) is 0.385. The Balaban J connectivity index is 0.00000240. The van der Waals surface area contributed by atoms with E-state index in [1.165, 1.54) is 44.1 Å². The van der Waals surface area contributed by atoms with Crippen LogP contribution in [0.25, 0.3) is 0 Å². The van der Waals surface area contributed by atoms with E-state index < -0.39 is 0 Å². The minimum absolute atomic E-state index is 0. The third-order valence-electron chi connectivity index (χ3n) is 6.49. The van der Waals surface area contributed by atoms with Crippen LogP contribution in [-0.4, -0.2) is 38.7 Å². The summed E-state index contributed by atoms with van der Waals surface area (Å²) in [5.41, 5.74) is 1.75. The highest BCUT2D eigenvalue weighted by Crippen LogP contribution is 2.43. The monoisotopic (exact) mass is 508 g/mol. The van der Waals surface area contributed by atoms with Gasteiger partial charge >= 0.3 is 0 Å². The molecule has 1 saturated heterocycles. The average molecular weight is 508 g/mol. The molecule has 2 aliphatic rings. The first-order valence-electron chi connectivity index (χ1n) is 10.6. The van der Waals surface area contributed by atoms with E-state index in [0.717, 1.165) is 30.7 Å². The molecular formula is C22H33IN6. The SMILES string of the molecule is Cc1nnc(CNC(=NCc2ccccc2)N2CCC3(CCCCC3)C2)n1C.I. The van der Waals surface area contributed by atoms with E-state index in [2.05, 4.69) is 50.7 Å². The number of aliphatic imine (C=N–C) groups is 1. The van der Waals surface area contributed by atoms with Crippen LogP contribution >= 0.6 is 24.0 Å². The molecule has 158 valence electrons. The molecule has 4 rings (SSSR count). The van der Waals surface area contributed by atoms with Gasteiger partial charge in [-0.25, -0.2) is 4.99 Å². The van der Waals surface area contributed by atoms with Gasteiger partial charge in [0.05, 0.1) is 13.1 Å². The van der Waals surface area contributed by atoms with Gasteiger partial charge in [0.25, 0.3) is 0 Å². The number of rotatable bonds is 4. The number of nitrogens with one attached hydrogen (secondary N) is 1. The van der Waals surface area contributed by atoms with Gasteiger partial charge in [-0.05, 0) is 37.2 Å². The highest BCUT2D eigenvalue weighted by Gasteiger charge is 2.39. The molecular weight excluding hydrogens is 475 g/mol. The van der Waals surface area contributed by atoms with Gasteiger partial charge in [0.2, 0.25) is 0 Å². The first-order valence-corrected chi connectivity index (χ1v) is 10.6. The van der Waals surface area contributed by atoms with Gasteiger partial charge in [0, 0.05) is 20.1 Å². The molecule has 1 spiro atoms. The first kappa shape index (κ1) is 22.1. The highest BCUT2D eigenvalue weighted by atomic mass is 127. The lowest BCUT2D eigenvalue weighted by Crippen LogP contribution is -2.41. The van der Waals surface area contributed by atoms with Crippen LogP contribution in [0, 0.1) is 12.3 Å². The van der Waals surface area contributed by atoms with Gasteiger partial charge in [-0.2, -0.15) is 0 Å². The molecule has 1 N–H and O–H groups in total. The van der Waals surface area contributed by atoms with Crippen molar-refractivity contribution >= 4 is 29.9 Å². The van der Waals surface area contributed by atoms with Crippen molar-refractivity contribution in [2.45, 2.75) is 58.5 Å². The summed E-state index contributed by atoms with van der Waals surface area (Å²) in [5.74, 6) is 2.88. The first-order chi connectivity index (χ1) is 13.7. The van der Waals surface area contributed by atoms with E-state index in [-0.39, 0.29) is 24.0 Å². The second-order valence-electron chi connectivity index (χ2n) is 8.43. The van der Waals surface area contributed by atoms with Gasteiger partial charge in [-0.15, -0.1) is 34.2 Å². The summed E-state index contributed by atoms with van der Waals surface area (Å²) < 4.78 is 2.04. The van der Waals surface area contributed by atoms with Crippen molar-refractivity contribution in [2.75, 3.05) is 13.1 Å². The van der Waals surface area contributed by atoms with Gasteiger partial charge in [-0.1, -0.05) is 49.6 Å². The molecule has 1 saturated carbocycles. The summed E-state index contributed by atoms with van der Waals surface area (Å²) >= 11 is 0. The number of likely N-dealkylation sites (tertiary alicyclic amines) is 1. The maximum absolute atomic E-state index is 4.98. The maximum atomic E-state index is 4.98. The summed E-state index contributed by atoms with van der Waals surface area (Å²) in [4.78, 5) is 7.45. The number of aryl methyl sites for hydroxylation is 1. The third kappa shape index (κ3) is 5.29. The molecule has 29 heavy (non-hydrogen) atoms. The molecule has 1 aromatic heterocycles. The predicted octanol–water partition coefficient (Wildman–Crippen LogP) is 4.04. The van der Waals surface area contributed by atoms with Crippen LogP contribution in [0.15, 0.2) is 35.3 Å². The zero-order valence-electron chi connectivity index (χ0n) is 17.6. The van der Waals surface area contributed by atoms with Crippen molar-refractivity contribution in [1.82, 2.24) is 25.0 Å². The molecule has 1 aromatic carbocycles. The summed E-state index contributed by atoms with van der Waals surface area (Å²) in [5, 5.41) is 12.0. The molecule has 1 aliphatic heterocycles. The number of hydrogen-bond acceptors (Lipinski definition) is 3. The van der Waals surface area contributed by atoms with Gasteiger partial charge in [0.1, 0.15) is 5.82 Å². The number of halogens is 1. The molecule has 1 aliphatic carbocycles. The number of benzene rings is 1. The van der Waals surface area contributed by atoms with E-state index >= 15 is 0 Å². The maximum Gasteiger partial charge on any atom is 0.194 e. The fraction of sp³-hybridized carbons (Fsp3) is 0.591. The van der Waals surface area contributed by atoms with Crippen molar-refractivity contribution in [3.05, 3.63) is 47.5 Å². The molecule has 2 aromatic rings. The Kier molecular flexibility index (Phi) is 7.54. The Labute approximate surface area is 191 Å². The fourth-order valence-corrected chi connectivity index (χ4v) is 4.61. The van der Waals surface area contributed by atoms with Crippen molar-refractivity contribution in [3.63, 3.8) is 0 Å². The average Bonchev–Trinajstić information content (AvgIpc) is 3.27. The molecule has 0 bridgehead atoms. The normalized spacial score (nSPS) is 18.7. The summed E-state index contributed by atoms with van der Waals surface area (Å²) in [7, 11) is 2.01. The molecule has 0 atom stereocenters. The van der Waals surface area contributed by atoms with Gasteiger partial charge < -0.3 is 14.8 Å². The van der Waals surface area contributed by atoms with E-state index in [4.69, 9.17) is 4.99 Å². The van der Waals surface area contributed by atoms with Crippen LogP contribution in [0.3, 0.4) is 0 Å². The smallest absolute Gasteiger partial charge is 0.194 e. The van der Waals surface area contributed by atoms with Crippen LogP contribution in [0.1, 0.15) is 55.7 Å². The summed E-state index contributed by atoms with van der Waals surface area (Å²) in [6.45, 7) is 5.55. The molecule has 2 fully saturated rings. The zero-order chi connectivity index (χ0) is 19.4. The Hall–Kier alpha value is -1.64. The molecule has 0 radical (unpaired) electrons. The Morgan fingerprint density at radius 2 is 1.86 bits per heavy atom. The van der Waals surface area contributed by atoms with Crippen LogP contribution in [0.5, 0.6) is 0 Å². The number of aromatic nitrogens is 3. The van der Waals surface area contributed by atoms with Crippen LogP contribution in [0.4, 0.5) is 0 Å². The van der Waals surface area contributed by atoms with Crippen molar-refractivity contribution < 1.29 is 0 Å². The molecule has 0 amide bonds. The largest absolute Gasteiger partial charge is 0.349 e. The highest BCUT2D eigenvalue weighted by molar-refractivity contribution is 14.0. The van der Waals surface area contributed by atoms with E-state index in [9.17, 15) is 0 Å². The summed E-state index contributed by atoms with van der Waals surface area (Å²) in [6, 6.07) is 10.5. The second-order valence-corrected chi connectivity index (χ2v) is 8.43. The summed E-state index contributed by atoms with van der Waals surface area (Å²) in [6.07, 6.45) is 8.21. The Morgan fingerprint density at radius 3 is 2.55 bits per heavy atom. The van der Waals surface area contributed by atoms with Crippen molar-refractivity contribution in [3.8, 4) is 0 Å². The predicted molar refractivity (Wildman–Crippen MR) is 127 cm³/mol. The molecule has 0 unspecified atom stereocenters. The number of hydrogen-bond donors (Lipinski definition) is 1. The van der Waals surface area contributed by atoms with E-state index in [0.29, 0.717) is 18.5 Å². The minimum Gasteiger partial charge on any atom is -0.349 e. The zero-order valence-corrected chi connectivity index (χ0v) is 19.9. The molecule has 6 nitrogen and oxygen atoms in total. The lowest BCUT2D eigenvalue weighted by Gasteiger charge is -2.33. The Morgan fingerprint density at radius 1 is 1.10 bits per heavy atom. The standard InChI is InChI=1S/C22H32N6.HI/c1-18-25-26-20(27(18)2)16-24-21(23-15-19-9-5-3-6-10-19)28-14-13-22(17-28)11-7-4-8-12-22;/h3,5-6,9-10H,4,7-8,11-17H2,1-2H3,(H,23,24);1H. The van der Waals surface area contributed by atoms with Crippen LogP contribution < -0.4 is 5.32 Å².